The Bertz CT molecular complexity index is 895. The van der Waals surface area contributed by atoms with Crippen molar-refractivity contribution in [3.63, 3.8) is 0 Å². The molecule has 2 heterocycles. The van der Waals surface area contributed by atoms with Gasteiger partial charge in [0.2, 0.25) is 0 Å². The normalized spacial score (nSPS) is 17.4. The summed E-state index contributed by atoms with van der Waals surface area (Å²) >= 11 is 1.81. The third-order valence-electron chi connectivity index (χ3n) is 4.23. The third kappa shape index (κ3) is 2.76. The van der Waals surface area contributed by atoms with Gasteiger partial charge in [-0.15, -0.1) is 11.8 Å². The monoisotopic (exact) mass is 335 g/mol. The molecule has 1 fully saturated rings. The second-order valence-electron chi connectivity index (χ2n) is 5.89. The van der Waals surface area contributed by atoms with Crippen molar-refractivity contribution in [2.45, 2.75) is 12.3 Å². The molecule has 0 saturated carbocycles. The van der Waals surface area contributed by atoms with Gasteiger partial charge in [0.1, 0.15) is 5.37 Å². The third-order valence-corrected chi connectivity index (χ3v) is 5.49. The van der Waals surface area contributed by atoms with Gasteiger partial charge in [0.15, 0.2) is 0 Å². The maximum Gasteiger partial charge on any atom is 0.255 e. The lowest BCUT2D eigenvalue weighted by molar-refractivity contribution is 0.0760. The first kappa shape index (κ1) is 15.1. The zero-order valence-electron chi connectivity index (χ0n) is 13.3. The van der Waals surface area contributed by atoms with Crippen LogP contribution in [0.3, 0.4) is 0 Å². The number of carbonyl (C=O) groups is 1. The van der Waals surface area contributed by atoms with E-state index in [9.17, 15) is 4.79 Å². The Labute approximate surface area is 144 Å². The molecule has 1 aromatic heterocycles. The Kier molecular flexibility index (Phi) is 3.94. The molecule has 4 nitrogen and oxygen atoms in total. The van der Waals surface area contributed by atoms with Crippen LogP contribution in [-0.4, -0.2) is 33.1 Å². The fourth-order valence-corrected chi connectivity index (χ4v) is 4.20. The van der Waals surface area contributed by atoms with Gasteiger partial charge in [0, 0.05) is 30.3 Å². The molecule has 1 aliphatic heterocycles. The lowest BCUT2D eigenvalue weighted by Crippen LogP contribution is -2.30. The highest BCUT2D eigenvalue weighted by molar-refractivity contribution is 7.99. The zero-order valence-corrected chi connectivity index (χ0v) is 14.2. The summed E-state index contributed by atoms with van der Waals surface area (Å²) in [6, 6.07) is 14.0. The topological polar surface area (TPSA) is 46.1 Å². The number of thioether (sulfide) groups is 1. The van der Waals surface area contributed by atoms with Crippen molar-refractivity contribution in [3.8, 4) is 0 Å². The average molecular weight is 335 g/mol. The summed E-state index contributed by atoms with van der Waals surface area (Å²) < 4.78 is 0. The molecule has 120 valence electrons. The van der Waals surface area contributed by atoms with Crippen molar-refractivity contribution in [1.29, 1.82) is 0 Å². The predicted molar refractivity (Wildman–Crippen MR) is 97.0 cm³/mol. The van der Waals surface area contributed by atoms with Crippen molar-refractivity contribution >= 4 is 28.7 Å². The number of hydrogen-bond acceptors (Lipinski definition) is 4. The molecule has 2 aromatic carbocycles. The van der Waals surface area contributed by atoms with Crippen molar-refractivity contribution < 1.29 is 4.79 Å². The highest BCUT2D eigenvalue weighted by Gasteiger charge is 2.31. The Balaban J connectivity index is 1.65. The van der Waals surface area contributed by atoms with Crippen LogP contribution in [-0.2, 0) is 0 Å². The zero-order chi connectivity index (χ0) is 16.5. The van der Waals surface area contributed by atoms with E-state index in [1.807, 2.05) is 34.9 Å². The van der Waals surface area contributed by atoms with Gasteiger partial charge in [-0.3, -0.25) is 14.8 Å². The van der Waals surface area contributed by atoms with E-state index in [0.29, 0.717) is 5.56 Å². The molecule has 0 spiro atoms. The van der Waals surface area contributed by atoms with E-state index in [4.69, 9.17) is 0 Å². The summed E-state index contributed by atoms with van der Waals surface area (Å²) in [6.07, 6.45) is 3.31. The van der Waals surface area contributed by atoms with Crippen LogP contribution in [0.4, 0.5) is 0 Å². The number of aromatic nitrogens is 2. The van der Waals surface area contributed by atoms with Crippen LogP contribution in [0.5, 0.6) is 0 Å². The SMILES string of the molecule is Cc1ccc(C2SCCN2C(=O)c2ccc3nccnc3c2)cc1. The number of fused-ring (bicyclic) bond motifs is 1. The average Bonchev–Trinajstić information content (AvgIpc) is 3.11. The smallest absolute Gasteiger partial charge is 0.255 e. The Hall–Kier alpha value is -2.40. The highest BCUT2D eigenvalue weighted by atomic mass is 32.2. The molecule has 5 heteroatoms. The summed E-state index contributed by atoms with van der Waals surface area (Å²) in [5.41, 5.74) is 4.63. The number of amides is 1. The molecule has 1 saturated heterocycles. The summed E-state index contributed by atoms with van der Waals surface area (Å²) in [6.45, 7) is 2.84. The van der Waals surface area contributed by atoms with Crippen LogP contribution in [0.1, 0.15) is 26.9 Å². The molecule has 1 unspecified atom stereocenters. The van der Waals surface area contributed by atoms with E-state index in [1.165, 1.54) is 11.1 Å². The molecule has 0 aliphatic carbocycles. The van der Waals surface area contributed by atoms with Gasteiger partial charge in [-0.2, -0.15) is 0 Å². The summed E-state index contributed by atoms with van der Waals surface area (Å²) in [5, 5.41) is 0.0793. The number of carbonyl (C=O) groups excluding carboxylic acids is 1. The van der Waals surface area contributed by atoms with Crippen LogP contribution in [0, 0.1) is 6.92 Å². The number of nitrogens with zero attached hydrogens (tertiary/aromatic N) is 3. The standard InChI is InChI=1S/C19H17N3OS/c1-13-2-4-14(5-3-13)19-22(10-11-24-19)18(23)15-6-7-16-17(12-15)21-9-8-20-16/h2-9,12,19H,10-11H2,1H3. The van der Waals surface area contributed by atoms with E-state index in [1.54, 1.807) is 12.4 Å². The lowest BCUT2D eigenvalue weighted by atomic mass is 10.1. The van der Waals surface area contributed by atoms with Gasteiger partial charge in [-0.1, -0.05) is 29.8 Å². The van der Waals surface area contributed by atoms with Gasteiger partial charge in [-0.05, 0) is 30.7 Å². The molecule has 3 aromatic rings. The molecule has 0 bridgehead atoms. The van der Waals surface area contributed by atoms with Crippen molar-refractivity contribution in [2.24, 2.45) is 0 Å². The van der Waals surface area contributed by atoms with Gasteiger partial charge in [-0.25, -0.2) is 0 Å². The van der Waals surface area contributed by atoms with Crippen molar-refractivity contribution in [1.82, 2.24) is 14.9 Å². The molecule has 0 radical (unpaired) electrons. The first-order valence-electron chi connectivity index (χ1n) is 7.92. The Morgan fingerprint density at radius 2 is 1.83 bits per heavy atom. The molecule has 1 aliphatic rings. The van der Waals surface area contributed by atoms with Gasteiger partial charge < -0.3 is 4.90 Å². The number of hydrogen-bond donors (Lipinski definition) is 0. The Morgan fingerprint density at radius 3 is 2.62 bits per heavy atom. The predicted octanol–water partition coefficient (Wildman–Crippen LogP) is 3.83. The molecule has 24 heavy (non-hydrogen) atoms. The highest BCUT2D eigenvalue weighted by Crippen LogP contribution is 2.38. The maximum absolute atomic E-state index is 13.0. The summed E-state index contributed by atoms with van der Waals surface area (Å²) in [4.78, 5) is 23.5. The van der Waals surface area contributed by atoms with Gasteiger partial charge >= 0.3 is 0 Å². The van der Waals surface area contributed by atoms with Crippen molar-refractivity contribution in [3.05, 3.63) is 71.5 Å². The minimum Gasteiger partial charge on any atom is -0.322 e. The van der Waals surface area contributed by atoms with Gasteiger partial charge in [0.05, 0.1) is 11.0 Å². The second kappa shape index (κ2) is 6.24. The largest absolute Gasteiger partial charge is 0.322 e. The number of benzene rings is 2. The van der Waals surface area contributed by atoms with Crippen LogP contribution < -0.4 is 0 Å². The first-order valence-corrected chi connectivity index (χ1v) is 8.97. The second-order valence-corrected chi connectivity index (χ2v) is 7.08. The fourth-order valence-electron chi connectivity index (χ4n) is 2.95. The minimum absolute atomic E-state index is 0.0538. The van der Waals surface area contributed by atoms with Crippen LogP contribution in [0.2, 0.25) is 0 Å². The summed E-state index contributed by atoms with van der Waals surface area (Å²) in [7, 11) is 0. The van der Waals surface area contributed by atoms with E-state index < -0.39 is 0 Å². The summed E-state index contributed by atoms with van der Waals surface area (Å²) in [5.74, 6) is 1.01. The lowest BCUT2D eigenvalue weighted by Gasteiger charge is -2.24. The first-order chi connectivity index (χ1) is 11.7. The number of rotatable bonds is 2. The fraction of sp³-hybridized carbons (Fsp3) is 0.211. The molecular formula is C19H17N3OS. The van der Waals surface area contributed by atoms with Crippen LogP contribution in [0.15, 0.2) is 54.9 Å². The Morgan fingerprint density at radius 1 is 1.08 bits per heavy atom. The van der Waals surface area contributed by atoms with Crippen molar-refractivity contribution in [2.75, 3.05) is 12.3 Å². The van der Waals surface area contributed by atoms with Crippen LogP contribution >= 0.6 is 11.8 Å². The number of aryl methyl sites for hydroxylation is 1. The van der Waals surface area contributed by atoms with Gasteiger partial charge in [0.25, 0.3) is 5.91 Å². The molecule has 1 atom stereocenters. The van der Waals surface area contributed by atoms with E-state index in [-0.39, 0.29) is 11.3 Å². The minimum atomic E-state index is 0.0538. The van der Waals surface area contributed by atoms with E-state index >= 15 is 0 Å². The molecular weight excluding hydrogens is 318 g/mol. The maximum atomic E-state index is 13.0. The molecule has 1 amide bonds. The van der Waals surface area contributed by atoms with E-state index in [0.717, 1.165) is 23.3 Å². The molecule has 0 N–H and O–H groups in total. The quantitative estimate of drug-likeness (QED) is 0.714. The molecule has 4 rings (SSSR count). The van der Waals surface area contributed by atoms with E-state index in [2.05, 4.69) is 41.2 Å². The van der Waals surface area contributed by atoms with Crippen LogP contribution in [0.25, 0.3) is 11.0 Å².